The van der Waals surface area contributed by atoms with E-state index in [-0.39, 0.29) is 5.60 Å². The molecule has 0 aliphatic carbocycles. The van der Waals surface area contributed by atoms with Crippen molar-refractivity contribution in [1.82, 2.24) is 4.90 Å². The van der Waals surface area contributed by atoms with Gasteiger partial charge in [0.1, 0.15) is 5.60 Å². The number of nitrogens with zero attached hydrogens (tertiary/aromatic N) is 1. The number of methoxy groups -OCH3 is 1. The van der Waals surface area contributed by atoms with E-state index in [1.165, 1.54) is 19.3 Å². The molecule has 2 unspecified atom stereocenters. The van der Waals surface area contributed by atoms with Crippen LogP contribution in [-0.4, -0.2) is 49.8 Å². The minimum absolute atomic E-state index is 0.238. The Kier molecular flexibility index (Phi) is 2.70. The van der Waals surface area contributed by atoms with Gasteiger partial charge in [-0.15, -0.1) is 0 Å². The molecule has 1 spiro atoms. The second-order valence-corrected chi connectivity index (χ2v) is 5.02. The van der Waals surface area contributed by atoms with Crippen molar-refractivity contribution < 1.29 is 14.2 Å². The van der Waals surface area contributed by atoms with Gasteiger partial charge in [0.2, 0.25) is 0 Å². The first-order valence-corrected chi connectivity index (χ1v) is 6.41. The van der Waals surface area contributed by atoms with E-state index in [1.54, 1.807) is 0 Å². The Bertz CT molecular complexity index is 265. The maximum absolute atomic E-state index is 6.00. The summed E-state index contributed by atoms with van der Waals surface area (Å²) in [6, 6.07) is 0. The fourth-order valence-corrected chi connectivity index (χ4v) is 3.58. The van der Waals surface area contributed by atoms with Crippen molar-refractivity contribution in [1.29, 1.82) is 0 Å². The van der Waals surface area contributed by atoms with Crippen LogP contribution in [0.25, 0.3) is 0 Å². The standard InChI is InChI=1S/C12H21NO3/c1-14-11-5-2-3-7-13(8-4-6-11)12(11)15-9-10-16-12/h2-10H2,1H3. The molecule has 0 radical (unpaired) electrons. The third-order valence-electron chi connectivity index (χ3n) is 4.33. The van der Waals surface area contributed by atoms with Crippen LogP contribution in [-0.2, 0) is 14.2 Å². The molecule has 92 valence electrons. The van der Waals surface area contributed by atoms with E-state index in [2.05, 4.69) is 4.90 Å². The summed E-state index contributed by atoms with van der Waals surface area (Å²) in [5.74, 6) is -0.573. The summed E-state index contributed by atoms with van der Waals surface area (Å²) in [7, 11) is 1.81. The van der Waals surface area contributed by atoms with Gasteiger partial charge >= 0.3 is 0 Å². The normalized spacial score (nSPS) is 42.2. The number of hydrogen-bond acceptors (Lipinski definition) is 4. The number of piperidine rings is 1. The largest absolute Gasteiger partial charge is 0.371 e. The lowest BCUT2D eigenvalue weighted by Crippen LogP contribution is -2.68. The van der Waals surface area contributed by atoms with Crippen LogP contribution in [0.5, 0.6) is 0 Å². The van der Waals surface area contributed by atoms with Crippen molar-refractivity contribution in [2.75, 3.05) is 33.4 Å². The first kappa shape index (κ1) is 11.0. The molecule has 3 aliphatic heterocycles. The Morgan fingerprint density at radius 1 is 1.00 bits per heavy atom. The lowest BCUT2D eigenvalue weighted by Gasteiger charge is -2.52. The Morgan fingerprint density at radius 2 is 1.69 bits per heavy atom. The maximum Gasteiger partial charge on any atom is 0.260 e. The third kappa shape index (κ3) is 1.30. The van der Waals surface area contributed by atoms with Crippen LogP contribution in [0, 0.1) is 0 Å². The monoisotopic (exact) mass is 227 g/mol. The van der Waals surface area contributed by atoms with Crippen molar-refractivity contribution in [3.8, 4) is 0 Å². The van der Waals surface area contributed by atoms with Gasteiger partial charge < -0.3 is 14.2 Å². The molecule has 4 nitrogen and oxygen atoms in total. The fraction of sp³-hybridized carbons (Fsp3) is 1.00. The van der Waals surface area contributed by atoms with Gasteiger partial charge in [0.15, 0.2) is 0 Å². The quantitative estimate of drug-likeness (QED) is 0.676. The summed E-state index contributed by atoms with van der Waals surface area (Å²) in [5.41, 5.74) is -0.238. The highest BCUT2D eigenvalue weighted by Gasteiger charge is 2.62. The Balaban J connectivity index is 2.01. The molecule has 0 N–H and O–H groups in total. The van der Waals surface area contributed by atoms with Gasteiger partial charge in [-0.3, -0.25) is 0 Å². The van der Waals surface area contributed by atoms with Crippen molar-refractivity contribution in [2.24, 2.45) is 0 Å². The first-order chi connectivity index (χ1) is 7.83. The van der Waals surface area contributed by atoms with E-state index in [9.17, 15) is 0 Å². The lowest BCUT2D eigenvalue weighted by atomic mass is 9.85. The number of hydrogen-bond donors (Lipinski definition) is 0. The summed E-state index contributed by atoms with van der Waals surface area (Å²) in [6.45, 7) is 3.54. The highest BCUT2D eigenvalue weighted by Crippen LogP contribution is 2.48. The Hall–Kier alpha value is -0.160. The van der Waals surface area contributed by atoms with Crippen LogP contribution in [0.3, 0.4) is 0 Å². The average Bonchev–Trinajstić information content (AvgIpc) is 2.76. The second-order valence-electron chi connectivity index (χ2n) is 5.02. The second kappa shape index (κ2) is 3.95. The van der Waals surface area contributed by atoms with Crippen LogP contribution in [0.1, 0.15) is 32.1 Å². The van der Waals surface area contributed by atoms with E-state index in [4.69, 9.17) is 14.2 Å². The summed E-state index contributed by atoms with van der Waals surface area (Å²) in [5, 5.41) is 0. The zero-order chi connectivity index (χ0) is 11.1. The topological polar surface area (TPSA) is 30.9 Å². The van der Waals surface area contributed by atoms with Gasteiger partial charge in [-0.1, -0.05) is 0 Å². The zero-order valence-electron chi connectivity index (χ0n) is 10.0. The summed E-state index contributed by atoms with van der Waals surface area (Å²) in [6.07, 6.45) is 5.72. The molecule has 16 heavy (non-hydrogen) atoms. The average molecular weight is 227 g/mol. The van der Waals surface area contributed by atoms with Gasteiger partial charge in [0.05, 0.1) is 13.2 Å². The maximum atomic E-state index is 6.00. The molecular weight excluding hydrogens is 206 g/mol. The van der Waals surface area contributed by atoms with E-state index >= 15 is 0 Å². The minimum Gasteiger partial charge on any atom is -0.371 e. The zero-order valence-corrected chi connectivity index (χ0v) is 10.0. The van der Waals surface area contributed by atoms with E-state index in [1.807, 2.05) is 7.11 Å². The van der Waals surface area contributed by atoms with Crippen LogP contribution in [0.2, 0.25) is 0 Å². The van der Waals surface area contributed by atoms with Crippen LogP contribution in [0.4, 0.5) is 0 Å². The van der Waals surface area contributed by atoms with Gasteiger partial charge in [-0.05, 0) is 32.1 Å². The van der Waals surface area contributed by atoms with Gasteiger partial charge in [0.25, 0.3) is 5.91 Å². The minimum atomic E-state index is -0.573. The lowest BCUT2D eigenvalue weighted by molar-refractivity contribution is -0.360. The summed E-state index contributed by atoms with van der Waals surface area (Å²) < 4.78 is 17.9. The SMILES string of the molecule is COC12CCCCN(CCC1)C21OCCO1. The molecule has 3 rings (SSSR count). The Labute approximate surface area is 96.8 Å². The smallest absolute Gasteiger partial charge is 0.260 e. The van der Waals surface area contributed by atoms with Crippen molar-refractivity contribution >= 4 is 0 Å². The molecular formula is C12H21NO3. The highest BCUT2D eigenvalue weighted by atomic mass is 16.8. The molecule has 0 aromatic heterocycles. The molecule has 0 aromatic carbocycles. The van der Waals surface area contributed by atoms with Gasteiger partial charge in [0, 0.05) is 20.2 Å². The van der Waals surface area contributed by atoms with Crippen LogP contribution < -0.4 is 0 Å². The van der Waals surface area contributed by atoms with E-state index in [0.29, 0.717) is 13.2 Å². The molecule has 3 heterocycles. The Morgan fingerprint density at radius 3 is 2.44 bits per heavy atom. The van der Waals surface area contributed by atoms with Gasteiger partial charge in [-0.2, -0.15) is 0 Å². The highest BCUT2D eigenvalue weighted by molar-refractivity contribution is 5.02. The molecule has 3 saturated heterocycles. The summed E-state index contributed by atoms with van der Waals surface area (Å²) in [4.78, 5) is 2.36. The summed E-state index contributed by atoms with van der Waals surface area (Å²) >= 11 is 0. The number of ether oxygens (including phenoxy) is 3. The number of rotatable bonds is 1. The van der Waals surface area contributed by atoms with Crippen LogP contribution >= 0.6 is 0 Å². The molecule has 0 amide bonds. The molecule has 2 atom stereocenters. The third-order valence-corrected chi connectivity index (χ3v) is 4.33. The molecule has 3 aliphatic rings. The van der Waals surface area contributed by atoms with Gasteiger partial charge in [-0.25, -0.2) is 4.90 Å². The molecule has 0 aromatic rings. The first-order valence-electron chi connectivity index (χ1n) is 6.41. The van der Waals surface area contributed by atoms with Crippen molar-refractivity contribution in [3.63, 3.8) is 0 Å². The van der Waals surface area contributed by atoms with E-state index < -0.39 is 5.91 Å². The van der Waals surface area contributed by atoms with Crippen LogP contribution in [0.15, 0.2) is 0 Å². The predicted molar refractivity (Wildman–Crippen MR) is 59.0 cm³/mol. The molecule has 3 fully saturated rings. The predicted octanol–water partition coefficient (Wildman–Crippen LogP) is 1.35. The van der Waals surface area contributed by atoms with Crippen molar-refractivity contribution in [2.45, 2.75) is 43.6 Å². The molecule has 2 bridgehead atoms. The molecule has 4 heteroatoms. The fourth-order valence-electron chi connectivity index (χ4n) is 3.58. The van der Waals surface area contributed by atoms with E-state index in [0.717, 1.165) is 25.9 Å². The van der Waals surface area contributed by atoms with Crippen molar-refractivity contribution in [3.05, 3.63) is 0 Å². The molecule has 0 saturated carbocycles.